The number of carbonyl (C=O) groups is 3. The highest BCUT2D eigenvalue weighted by Gasteiger charge is 2.54. The van der Waals surface area contributed by atoms with E-state index in [0.717, 1.165) is 55.7 Å². The first kappa shape index (κ1) is 33.0. The number of piperazine rings is 1. The Morgan fingerprint density at radius 1 is 1.02 bits per heavy atom. The number of hydrogen-bond acceptors (Lipinski definition) is 5. The number of piperidine rings is 1. The molecular formula is C33H47ClN4O5. The smallest absolute Gasteiger partial charge is 0.335 e. The molecule has 3 fully saturated rings. The largest absolute Gasteiger partial charge is 0.478 e. The summed E-state index contributed by atoms with van der Waals surface area (Å²) in [7, 11) is 0. The molecule has 1 saturated carbocycles. The van der Waals surface area contributed by atoms with Crippen molar-refractivity contribution in [1.29, 1.82) is 0 Å². The first-order chi connectivity index (χ1) is 20.1. The number of likely N-dealkylation sites (tertiary alicyclic amines) is 1. The van der Waals surface area contributed by atoms with Gasteiger partial charge in [0.05, 0.1) is 11.2 Å². The highest BCUT2D eigenvalue weighted by atomic mass is 35.5. The van der Waals surface area contributed by atoms with Crippen LogP contribution < -0.4 is 5.32 Å². The van der Waals surface area contributed by atoms with Crippen LogP contribution in [0.25, 0.3) is 5.69 Å². The molecule has 1 atom stereocenters. The Morgan fingerprint density at radius 3 is 2.28 bits per heavy atom. The predicted molar refractivity (Wildman–Crippen MR) is 168 cm³/mol. The van der Waals surface area contributed by atoms with E-state index in [-0.39, 0.29) is 29.8 Å². The standard InChI is InChI=1S/C33H46N4O5.ClH/c1-4-5-17-36-29(38)28(21-32(42)13-7-6-8-14-32)34-31(41)33(36)15-18-35(19-16-33)22-26-20-23(2)37(24(26)3)27-11-9-25(10-12-27)30(39)40;/h9-12,20,28,42H,4-8,13-19,21-22H2,1-3H3,(H,34,41)(H,39,40);1H/t28-;/m1./s1. The molecule has 9 nitrogen and oxygen atoms in total. The summed E-state index contributed by atoms with van der Waals surface area (Å²) >= 11 is 0. The lowest BCUT2D eigenvalue weighted by atomic mass is 9.77. The molecule has 1 aromatic carbocycles. The van der Waals surface area contributed by atoms with Gasteiger partial charge in [-0.1, -0.05) is 32.6 Å². The normalized spacial score (nSPS) is 21.9. The van der Waals surface area contributed by atoms with Crippen molar-refractivity contribution >= 4 is 30.2 Å². The minimum Gasteiger partial charge on any atom is -0.478 e. The SMILES string of the molecule is CCCCN1C(=O)[C@@H](CC2(O)CCCCC2)NC(=O)C12CCN(Cc1cc(C)n(-c3ccc(C(=O)O)cc3)c1C)CC2.Cl. The Kier molecular flexibility index (Phi) is 10.3. The van der Waals surface area contributed by atoms with E-state index in [9.17, 15) is 24.6 Å². The van der Waals surface area contributed by atoms with E-state index in [2.05, 4.69) is 41.6 Å². The summed E-state index contributed by atoms with van der Waals surface area (Å²) < 4.78 is 2.15. The number of aryl methyl sites for hydroxylation is 1. The van der Waals surface area contributed by atoms with Crippen molar-refractivity contribution in [3.05, 3.63) is 52.8 Å². The molecule has 3 heterocycles. The van der Waals surface area contributed by atoms with Gasteiger partial charge >= 0.3 is 5.97 Å². The number of unbranched alkanes of at least 4 members (excludes halogenated alkanes) is 1. The molecule has 3 N–H and O–H groups in total. The fourth-order valence-electron chi connectivity index (χ4n) is 7.41. The molecule has 0 unspecified atom stereocenters. The first-order valence-corrected chi connectivity index (χ1v) is 15.7. The van der Waals surface area contributed by atoms with Gasteiger partial charge in [-0.25, -0.2) is 4.79 Å². The summed E-state index contributed by atoms with van der Waals surface area (Å²) in [6.07, 6.45) is 7.68. The topological polar surface area (TPSA) is 115 Å². The minimum atomic E-state index is -0.940. The Bertz CT molecular complexity index is 1310. The van der Waals surface area contributed by atoms with E-state index >= 15 is 0 Å². The molecule has 2 saturated heterocycles. The number of rotatable bonds is 9. The third-order valence-corrected chi connectivity index (χ3v) is 9.90. The van der Waals surface area contributed by atoms with E-state index < -0.39 is 23.2 Å². The number of aliphatic hydroxyl groups is 1. The Hall–Kier alpha value is -2.88. The molecule has 5 rings (SSSR count). The number of benzene rings is 1. The van der Waals surface area contributed by atoms with E-state index in [4.69, 9.17) is 0 Å². The number of carboxylic acids is 1. The van der Waals surface area contributed by atoms with E-state index in [1.807, 2.05) is 17.0 Å². The van der Waals surface area contributed by atoms with Crippen LogP contribution in [0.4, 0.5) is 0 Å². The highest BCUT2D eigenvalue weighted by Crippen LogP contribution is 2.38. The van der Waals surface area contributed by atoms with Crippen LogP contribution in [-0.2, 0) is 16.1 Å². The second-order valence-corrected chi connectivity index (χ2v) is 12.8. The Balaban J connectivity index is 0.00000423. The van der Waals surface area contributed by atoms with Gasteiger partial charge in [-0.2, -0.15) is 0 Å². The zero-order valence-electron chi connectivity index (χ0n) is 25.7. The van der Waals surface area contributed by atoms with Gasteiger partial charge in [-0.3, -0.25) is 14.5 Å². The van der Waals surface area contributed by atoms with Gasteiger partial charge in [0.1, 0.15) is 11.6 Å². The zero-order chi connectivity index (χ0) is 30.1. The molecule has 2 aliphatic heterocycles. The molecule has 3 aliphatic rings. The lowest BCUT2D eigenvalue weighted by molar-refractivity contribution is -0.163. The summed E-state index contributed by atoms with van der Waals surface area (Å²) in [4.78, 5) is 43.2. The van der Waals surface area contributed by atoms with Gasteiger partial charge in [0.2, 0.25) is 11.8 Å². The quantitative estimate of drug-likeness (QED) is 0.375. The molecule has 2 amide bonds. The average molecular weight is 615 g/mol. The second-order valence-electron chi connectivity index (χ2n) is 12.8. The number of carboxylic acid groups (broad SMARTS) is 1. The molecular weight excluding hydrogens is 568 g/mol. The fourth-order valence-corrected chi connectivity index (χ4v) is 7.41. The van der Waals surface area contributed by atoms with Crippen LogP contribution in [0, 0.1) is 13.8 Å². The molecule has 236 valence electrons. The van der Waals surface area contributed by atoms with Crippen LogP contribution in [0.2, 0.25) is 0 Å². The number of nitrogens with zero attached hydrogens (tertiary/aromatic N) is 3. The number of aromatic carboxylic acids is 1. The van der Waals surface area contributed by atoms with Crippen molar-refractivity contribution in [1.82, 2.24) is 19.7 Å². The lowest BCUT2D eigenvalue weighted by Crippen LogP contribution is -2.73. The Labute approximate surface area is 261 Å². The zero-order valence-corrected chi connectivity index (χ0v) is 26.5. The lowest BCUT2D eigenvalue weighted by Gasteiger charge is -2.52. The monoisotopic (exact) mass is 614 g/mol. The third kappa shape index (κ3) is 6.64. The maximum Gasteiger partial charge on any atom is 0.335 e. The van der Waals surface area contributed by atoms with Gasteiger partial charge < -0.3 is 25.0 Å². The minimum absolute atomic E-state index is 0. The number of hydrogen-bond donors (Lipinski definition) is 3. The Morgan fingerprint density at radius 2 is 1.67 bits per heavy atom. The van der Waals surface area contributed by atoms with Crippen LogP contribution in [0.3, 0.4) is 0 Å². The van der Waals surface area contributed by atoms with Gasteiger partial charge in [-0.15, -0.1) is 12.4 Å². The van der Waals surface area contributed by atoms with Crippen molar-refractivity contribution < 1.29 is 24.6 Å². The summed E-state index contributed by atoms with van der Waals surface area (Å²) in [5, 5.41) is 23.5. The maximum absolute atomic E-state index is 13.9. The number of nitrogens with one attached hydrogen (secondary N) is 1. The summed E-state index contributed by atoms with van der Waals surface area (Å²) in [6.45, 7) is 8.95. The molecule has 10 heteroatoms. The van der Waals surface area contributed by atoms with E-state index in [0.29, 0.717) is 51.7 Å². The van der Waals surface area contributed by atoms with Crippen molar-refractivity contribution in [3.8, 4) is 5.69 Å². The van der Waals surface area contributed by atoms with Gasteiger partial charge in [0.25, 0.3) is 0 Å². The number of halogens is 1. The van der Waals surface area contributed by atoms with Gasteiger partial charge in [0, 0.05) is 49.7 Å². The number of aromatic nitrogens is 1. The third-order valence-electron chi connectivity index (χ3n) is 9.90. The van der Waals surface area contributed by atoms with Crippen LogP contribution >= 0.6 is 12.4 Å². The molecule has 1 aliphatic carbocycles. The van der Waals surface area contributed by atoms with Crippen LogP contribution in [-0.4, -0.2) is 79.2 Å². The van der Waals surface area contributed by atoms with Crippen molar-refractivity contribution in [2.45, 2.75) is 109 Å². The van der Waals surface area contributed by atoms with Gasteiger partial charge in [-0.05, 0) is 81.8 Å². The van der Waals surface area contributed by atoms with Crippen LogP contribution in [0.5, 0.6) is 0 Å². The maximum atomic E-state index is 13.9. The molecule has 1 spiro atoms. The molecule has 43 heavy (non-hydrogen) atoms. The molecule has 1 aromatic heterocycles. The predicted octanol–water partition coefficient (Wildman–Crippen LogP) is 4.76. The highest BCUT2D eigenvalue weighted by molar-refractivity contribution is 6.00. The van der Waals surface area contributed by atoms with Crippen molar-refractivity contribution in [3.63, 3.8) is 0 Å². The second kappa shape index (κ2) is 13.4. The first-order valence-electron chi connectivity index (χ1n) is 15.7. The van der Waals surface area contributed by atoms with Crippen LogP contribution in [0.15, 0.2) is 30.3 Å². The molecule has 0 bridgehead atoms. The average Bonchev–Trinajstić information content (AvgIpc) is 3.25. The van der Waals surface area contributed by atoms with Crippen molar-refractivity contribution in [2.24, 2.45) is 0 Å². The fraction of sp³-hybridized carbons (Fsp3) is 0.606. The molecule has 0 radical (unpaired) electrons. The van der Waals surface area contributed by atoms with Crippen molar-refractivity contribution in [2.75, 3.05) is 19.6 Å². The molecule has 2 aromatic rings. The summed E-state index contributed by atoms with van der Waals surface area (Å²) in [5.41, 5.74) is 2.85. The van der Waals surface area contributed by atoms with E-state index in [1.165, 1.54) is 5.56 Å². The summed E-state index contributed by atoms with van der Waals surface area (Å²) in [5.74, 6) is -1.04. The van der Waals surface area contributed by atoms with E-state index in [1.54, 1.807) is 12.1 Å². The number of amides is 2. The number of carbonyl (C=O) groups excluding carboxylic acids is 2. The van der Waals surface area contributed by atoms with Crippen LogP contribution in [0.1, 0.15) is 98.4 Å². The van der Waals surface area contributed by atoms with Gasteiger partial charge in [0.15, 0.2) is 0 Å². The summed E-state index contributed by atoms with van der Waals surface area (Å²) in [6, 6.07) is 8.44.